The van der Waals surface area contributed by atoms with E-state index in [1.807, 2.05) is 38.1 Å². The molecule has 2 rings (SSSR count). The molecule has 116 valence electrons. The lowest BCUT2D eigenvalue weighted by atomic mass is 10.1. The molecule has 1 amide bonds. The lowest BCUT2D eigenvalue weighted by Gasteiger charge is -2.29. The van der Waals surface area contributed by atoms with E-state index in [4.69, 9.17) is 17.0 Å². The highest BCUT2D eigenvalue weighted by Crippen LogP contribution is 2.12. The molecule has 0 saturated carbocycles. The number of ether oxygens (including phenoxy) is 1. The Morgan fingerprint density at radius 3 is 2.33 bits per heavy atom. The van der Waals surface area contributed by atoms with Gasteiger partial charge in [-0.15, -0.1) is 0 Å². The van der Waals surface area contributed by atoms with Crippen molar-refractivity contribution >= 4 is 28.8 Å². The fourth-order valence-corrected chi connectivity index (χ4v) is 2.36. The smallest absolute Gasteiger partial charge is 0.221 e. The molecule has 0 radical (unpaired) electrons. The van der Waals surface area contributed by atoms with Crippen LogP contribution in [-0.2, 0) is 16.0 Å². The standard InChI is InChI=1S/C14H18N2O2S.C2H6/c1-11(17)15-13-4-2-12(3-5-13)10-14(19)16-6-8-18-9-7-16;1-2/h2-5H,6-10H2,1H3,(H,15,17);1-2H3. The van der Waals surface area contributed by atoms with E-state index in [9.17, 15) is 4.79 Å². The molecule has 1 heterocycles. The first kappa shape index (κ1) is 17.6. The van der Waals surface area contributed by atoms with Crippen molar-refractivity contribution in [1.29, 1.82) is 0 Å². The second-order valence-electron chi connectivity index (χ2n) is 4.55. The predicted molar refractivity (Wildman–Crippen MR) is 90.8 cm³/mol. The molecule has 1 fully saturated rings. The molecule has 1 aliphatic rings. The summed E-state index contributed by atoms with van der Waals surface area (Å²) in [5.41, 5.74) is 1.97. The first-order valence-corrected chi connectivity index (χ1v) is 7.78. The molecular weight excluding hydrogens is 284 g/mol. The molecule has 4 nitrogen and oxygen atoms in total. The quantitative estimate of drug-likeness (QED) is 0.872. The molecule has 0 bridgehead atoms. The first-order chi connectivity index (χ1) is 10.1. The van der Waals surface area contributed by atoms with Crippen LogP contribution in [0.5, 0.6) is 0 Å². The minimum atomic E-state index is -0.0587. The Morgan fingerprint density at radius 1 is 1.24 bits per heavy atom. The van der Waals surface area contributed by atoms with Crippen LogP contribution in [0.3, 0.4) is 0 Å². The van der Waals surface area contributed by atoms with E-state index < -0.39 is 0 Å². The molecule has 1 N–H and O–H groups in total. The van der Waals surface area contributed by atoms with Crippen molar-refractivity contribution < 1.29 is 9.53 Å². The lowest BCUT2D eigenvalue weighted by molar-refractivity contribution is -0.114. The van der Waals surface area contributed by atoms with Gasteiger partial charge in [-0.25, -0.2) is 0 Å². The van der Waals surface area contributed by atoms with E-state index in [2.05, 4.69) is 10.2 Å². The third-order valence-corrected chi connectivity index (χ3v) is 3.40. The van der Waals surface area contributed by atoms with Crippen molar-refractivity contribution in [2.45, 2.75) is 27.2 Å². The van der Waals surface area contributed by atoms with Crippen molar-refractivity contribution in [3.63, 3.8) is 0 Å². The van der Waals surface area contributed by atoms with Crippen LogP contribution in [0.1, 0.15) is 26.3 Å². The summed E-state index contributed by atoms with van der Waals surface area (Å²) in [5.74, 6) is -0.0587. The van der Waals surface area contributed by atoms with Crippen LogP contribution < -0.4 is 5.32 Å². The summed E-state index contributed by atoms with van der Waals surface area (Å²) in [6.07, 6.45) is 0.760. The monoisotopic (exact) mass is 308 g/mol. The average Bonchev–Trinajstić information content (AvgIpc) is 2.51. The maximum atomic E-state index is 10.9. The molecular formula is C16H24N2O2S. The van der Waals surface area contributed by atoms with Crippen molar-refractivity contribution in [2.75, 3.05) is 31.6 Å². The van der Waals surface area contributed by atoms with E-state index >= 15 is 0 Å². The zero-order valence-electron chi connectivity index (χ0n) is 13.0. The number of morpholine rings is 1. The number of rotatable bonds is 3. The molecule has 1 aromatic rings. The largest absolute Gasteiger partial charge is 0.378 e. The highest BCUT2D eigenvalue weighted by Gasteiger charge is 2.13. The molecule has 5 heteroatoms. The van der Waals surface area contributed by atoms with Gasteiger partial charge in [0.25, 0.3) is 0 Å². The van der Waals surface area contributed by atoms with E-state index in [0.717, 1.165) is 49.0 Å². The summed E-state index contributed by atoms with van der Waals surface area (Å²) in [7, 11) is 0. The highest BCUT2D eigenvalue weighted by atomic mass is 32.1. The van der Waals surface area contributed by atoms with Crippen LogP contribution in [0.15, 0.2) is 24.3 Å². The van der Waals surface area contributed by atoms with Gasteiger partial charge >= 0.3 is 0 Å². The van der Waals surface area contributed by atoms with Crippen molar-refractivity contribution in [3.8, 4) is 0 Å². The van der Waals surface area contributed by atoms with Gasteiger partial charge in [-0.2, -0.15) is 0 Å². The molecule has 0 atom stereocenters. The Bertz CT molecular complexity index is 454. The third kappa shape index (κ3) is 6.23. The number of hydrogen-bond acceptors (Lipinski definition) is 3. The molecule has 0 aromatic heterocycles. The van der Waals surface area contributed by atoms with Crippen LogP contribution in [0.4, 0.5) is 5.69 Å². The van der Waals surface area contributed by atoms with E-state index in [-0.39, 0.29) is 5.91 Å². The highest BCUT2D eigenvalue weighted by molar-refractivity contribution is 7.80. The van der Waals surface area contributed by atoms with Gasteiger partial charge in [-0.1, -0.05) is 38.2 Å². The topological polar surface area (TPSA) is 41.6 Å². The fraction of sp³-hybridized carbons (Fsp3) is 0.500. The van der Waals surface area contributed by atoms with Crippen LogP contribution in [0.25, 0.3) is 0 Å². The number of nitrogens with one attached hydrogen (secondary N) is 1. The number of anilines is 1. The van der Waals surface area contributed by atoms with E-state index in [0.29, 0.717) is 0 Å². The zero-order chi connectivity index (χ0) is 15.7. The molecule has 1 saturated heterocycles. The van der Waals surface area contributed by atoms with Crippen LogP contribution in [0, 0.1) is 0 Å². The van der Waals surface area contributed by atoms with Crippen LogP contribution in [-0.4, -0.2) is 42.1 Å². The maximum absolute atomic E-state index is 10.9. The third-order valence-electron chi connectivity index (χ3n) is 2.99. The minimum Gasteiger partial charge on any atom is -0.378 e. The number of nitrogens with zero attached hydrogens (tertiary/aromatic N) is 1. The molecule has 1 aromatic carbocycles. The van der Waals surface area contributed by atoms with Gasteiger partial charge in [0.15, 0.2) is 0 Å². The second kappa shape index (κ2) is 9.47. The van der Waals surface area contributed by atoms with Gasteiger partial charge in [0, 0.05) is 32.1 Å². The summed E-state index contributed by atoms with van der Waals surface area (Å²) < 4.78 is 5.31. The summed E-state index contributed by atoms with van der Waals surface area (Å²) in [5, 5.41) is 2.75. The van der Waals surface area contributed by atoms with Gasteiger partial charge in [-0.05, 0) is 17.7 Å². The fourth-order valence-electron chi connectivity index (χ4n) is 2.01. The first-order valence-electron chi connectivity index (χ1n) is 7.37. The Hall–Kier alpha value is -1.46. The molecule has 0 spiro atoms. The van der Waals surface area contributed by atoms with Crippen molar-refractivity contribution in [2.24, 2.45) is 0 Å². The summed E-state index contributed by atoms with van der Waals surface area (Å²) >= 11 is 5.46. The Balaban J connectivity index is 0.00000106. The number of carbonyl (C=O) groups excluding carboxylic acids is 1. The molecule has 1 aliphatic heterocycles. The number of thiocarbonyl (C=S) groups is 1. The van der Waals surface area contributed by atoms with Gasteiger partial charge in [0.1, 0.15) is 0 Å². The Labute approximate surface area is 132 Å². The summed E-state index contributed by atoms with van der Waals surface area (Å²) in [4.78, 5) is 14.1. The van der Waals surface area contributed by atoms with Crippen molar-refractivity contribution in [1.82, 2.24) is 4.90 Å². The number of carbonyl (C=O) groups is 1. The summed E-state index contributed by atoms with van der Waals surface area (Å²) in [6.45, 7) is 8.76. The number of amides is 1. The van der Waals surface area contributed by atoms with Crippen LogP contribution >= 0.6 is 12.2 Å². The molecule has 21 heavy (non-hydrogen) atoms. The van der Waals surface area contributed by atoms with E-state index in [1.54, 1.807) is 0 Å². The summed E-state index contributed by atoms with van der Waals surface area (Å²) in [6, 6.07) is 7.80. The predicted octanol–water partition coefficient (Wildman–Crippen LogP) is 2.87. The number of benzene rings is 1. The van der Waals surface area contributed by atoms with Crippen molar-refractivity contribution in [3.05, 3.63) is 29.8 Å². The zero-order valence-corrected chi connectivity index (χ0v) is 13.8. The number of hydrogen-bond donors (Lipinski definition) is 1. The SMILES string of the molecule is CC.CC(=O)Nc1ccc(CC(=S)N2CCOCC2)cc1. The lowest BCUT2D eigenvalue weighted by Crippen LogP contribution is -2.40. The van der Waals surface area contributed by atoms with Crippen LogP contribution in [0.2, 0.25) is 0 Å². The maximum Gasteiger partial charge on any atom is 0.221 e. The molecule has 0 unspecified atom stereocenters. The minimum absolute atomic E-state index is 0.0587. The Kier molecular flexibility index (Phi) is 7.93. The van der Waals surface area contributed by atoms with Gasteiger partial charge < -0.3 is 15.0 Å². The normalized spacial score (nSPS) is 14.0. The van der Waals surface area contributed by atoms with Gasteiger partial charge in [-0.3, -0.25) is 4.79 Å². The van der Waals surface area contributed by atoms with E-state index in [1.165, 1.54) is 6.92 Å². The molecule has 0 aliphatic carbocycles. The second-order valence-corrected chi connectivity index (χ2v) is 5.02. The average molecular weight is 308 g/mol. The van der Waals surface area contributed by atoms with Gasteiger partial charge in [0.2, 0.25) is 5.91 Å². The Morgan fingerprint density at radius 2 is 1.81 bits per heavy atom. The van der Waals surface area contributed by atoms with Gasteiger partial charge in [0.05, 0.1) is 18.2 Å².